The summed E-state index contributed by atoms with van der Waals surface area (Å²) in [5, 5.41) is 0. The van der Waals surface area contributed by atoms with Gasteiger partial charge in [0.2, 0.25) is 5.91 Å². The van der Waals surface area contributed by atoms with Gasteiger partial charge in [0.15, 0.2) is 5.78 Å². The van der Waals surface area contributed by atoms with Crippen LogP contribution in [0.15, 0.2) is 24.3 Å². The summed E-state index contributed by atoms with van der Waals surface area (Å²) in [6.45, 7) is 1.97. The first kappa shape index (κ1) is 11.8. The number of hydrogen-bond acceptors (Lipinski definition) is 3. The Balaban J connectivity index is 2.47. The normalized spacial score (nSPS) is 9.93. The van der Waals surface area contributed by atoms with Gasteiger partial charge in [-0.05, 0) is 6.92 Å². The van der Waals surface area contributed by atoms with Crippen LogP contribution in [-0.4, -0.2) is 23.2 Å². The maximum Gasteiger partial charge on any atom is 0.227 e. The highest BCUT2D eigenvalue weighted by molar-refractivity contribution is 8.00. The van der Waals surface area contributed by atoms with E-state index in [1.54, 1.807) is 12.1 Å². The summed E-state index contributed by atoms with van der Waals surface area (Å²) < 4.78 is 0. The van der Waals surface area contributed by atoms with E-state index in [9.17, 15) is 9.59 Å². The van der Waals surface area contributed by atoms with Crippen LogP contribution in [0, 0.1) is 6.92 Å². The molecule has 0 spiro atoms. The SMILES string of the molecule is Cc1ccc(C(=O)CSCC(N)=O)cc1. The zero-order valence-corrected chi connectivity index (χ0v) is 9.34. The molecule has 3 nitrogen and oxygen atoms in total. The largest absolute Gasteiger partial charge is 0.369 e. The van der Waals surface area contributed by atoms with Crippen molar-refractivity contribution in [2.45, 2.75) is 6.92 Å². The van der Waals surface area contributed by atoms with Gasteiger partial charge in [-0.15, -0.1) is 11.8 Å². The van der Waals surface area contributed by atoms with Crippen LogP contribution in [-0.2, 0) is 4.79 Å². The molecule has 1 aromatic carbocycles. The Morgan fingerprint density at radius 2 is 1.80 bits per heavy atom. The molecule has 0 saturated carbocycles. The van der Waals surface area contributed by atoms with Crippen LogP contribution >= 0.6 is 11.8 Å². The molecule has 2 N–H and O–H groups in total. The lowest BCUT2D eigenvalue weighted by atomic mass is 10.1. The van der Waals surface area contributed by atoms with E-state index in [2.05, 4.69) is 0 Å². The van der Waals surface area contributed by atoms with Crippen LogP contribution in [0.4, 0.5) is 0 Å². The second-order valence-corrected chi connectivity index (χ2v) is 4.23. The summed E-state index contributed by atoms with van der Waals surface area (Å²) in [5.74, 6) is 0.127. The smallest absolute Gasteiger partial charge is 0.227 e. The Morgan fingerprint density at radius 3 is 2.33 bits per heavy atom. The molecule has 80 valence electrons. The predicted octanol–water partition coefficient (Wildman–Crippen LogP) is 1.40. The number of primary amides is 1. The minimum atomic E-state index is -0.392. The zero-order valence-electron chi connectivity index (χ0n) is 8.53. The molecule has 0 aliphatic heterocycles. The molecule has 0 aromatic heterocycles. The number of carbonyl (C=O) groups excluding carboxylic acids is 2. The molecule has 0 atom stereocenters. The van der Waals surface area contributed by atoms with Crippen LogP contribution in [0.2, 0.25) is 0 Å². The Morgan fingerprint density at radius 1 is 1.20 bits per heavy atom. The van der Waals surface area contributed by atoms with E-state index in [0.717, 1.165) is 5.56 Å². The molecule has 0 heterocycles. The number of rotatable bonds is 5. The van der Waals surface area contributed by atoms with Gasteiger partial charge in [0.1, 0.15) is 0 Å². The van der Waals surface area contributed by atoms with Crippen molar-refractivity contribution < 1.29 is 9.59 Å². The van der Waals surface area contributed by atoms with Gasteiger partial charge < -0.3 is 5.73 Å². The lowest BCUT2D eigenvalue weighted by molar-refractivity contribution is -0.115. The number of hydrogen-bond donors (Lipinski definition) is 1. The third-order valence-electron chi connectivity index (χ3n) is 1.85. The van der Waals surface area contributed by atoms with Gasteiger partial charge in [0, 0.05) is 5.56 Å². The van der Waals surface area contributed by atoms with Crippen molar-refractivity contribution >= 4 is 23.5 Å². The van der Waals surface area contributed by atoms with Crippen molar-refractivity contribution in [2.75, 3.05) is 11.5 Å². The van der Waals surface area contributed by atoms with Gasteiger partial charge in [0.25, 0.3) is 0 Å². The molecule has 1 aromatic rings. The summed E-state index contributed by atoms with van der Waals surface area (Å²) >= 11 is 1.24. The van der Waals surface area contributed by atoms with Crippen molar-refractivity contribution in [1.82, 2.24) is 0 Å². The number of benzene rings is 1. The van der Waals surface area contributed by atoms with E-state index in [1.807, 2.05) is 19.1 Å². The quantitative estimate of drug-likeness (QED) is 0.767. The highest BCUT2D eigenvalue weighted by Crippen LogP contribution is 2.08. The first-order chi connectivity index (χ1) is 7.09. The predicted molar refractivity (Wildman–Crippen MR) is 62.0 cm³/mol. The fourth-order valence-electron chi connectivity index (χ4n) is 1.07. The summed E-state index contributed by atoms with van der Waals surface area (Å²) in [6.07, 6.45) is 0. The Labute approximate surface area is 93.0 Å². The lowest BCUT2D eigenvalue weighted by Crippen LogP contribution is -2.15. The Hall–Kier alpha value is -1.29. The molecule has 0 aliphatic rings. The van der Waals surface area contributed by atoms with Crippen LogP contribution in [0.25, 0.3) is 0 Å². The molecule has 0 fully saturated rings. The molecular formula is C11H13NO2S. The topological polar surface area (TPSA) is 60.2 Å². The van der Waals surface area contributed by atoms with E-state index in [1.165, 1.54) is 11.8 Å². The third kappa shape index (κ3) is 4.16. The van der Waals surface area contributed by atoms with E-state index in [4.69, 9.17) is 5.73 Å². The number of nitrogens with two attached hydrogens (primary N) is 1. The molecule has 4 heteroatoms. The van der Waals surface area contributed by atoms with Gasteiger partial charge in [-0.2, -0.15) is 0 Å². The average molecular weight is 223 g/mol. The standard InChI is InChI=1S/C11H13NO2S/c1-8-2-4-9(5-3-8)10(13)6-15-7-11(12)14/h2-5H,6-7H2,1H3,(H2,12,14). The number of aryl methyl sites for hydroxylation is 1. The van der Waals surface area contributed by atoms with Crippen LogP contribution in [0.1, 0.15) is 15.9 Å². The Bertz CT molecular complexity index is 359. The fourth-order valence-corrected chi connectivity index (χ4v) is 1.72. The van der Waals surface area contributed by atoms with E-state index in [0.29, 0.717) is 11.3 Å². The highest BCUT2D eigenvalue weighted by Gasteiger charge is 2.06. The van der Waals surface area contributed by atoms with Crippen LogP contribution in [0.3, 0.4) is 0 Å². The lowest BCUT2D eigenvalue weighted by Gasteiger charge is -2.00. The van der Waals surface area contributed by atoms with Crippen molar-refractivity contribution in [1.29, 1.82) is 0 Å². The molecule has 0 aliphatic carbocycles. The molecule has 15 heavy (non-hydrogen) atoms. The number of thioether (sulfide) groups is 1. The van der Waals surface area contributed by atoms with Gasteiger partial charge in [-0.1, -0.05) is 29.8 Å². The number of amides is 1. The highest BCUT2D eigenvalue weighted by atomic mass is 32.2. The average Bonchev–Trinajstić information content (AvgIpc) is 2.18. The number of carbonyl (C=O) groups is 2. The second-order valence-electron chi connectivity index (χ2n) is 3.25. The van der Waals surface area contributed by atoms with E-state index >= 15 is 0 Å². The minimum Gasteiger partial charge on any atom is -0.369 e. The monoisotopic (exact) mass is 223 g/mol. The molecule has 0 saturated heterocycles. The zero-order chi connectivity index (χ0) is 11.3. The van der Waals surface area contributed by atoms with Crippen molar-refractivity contribution in [2.24, 2.45) is 5.73 Å². The molecule has 1 amide bonds. The van der Waals surface area contributed by atoms with Crippen molar-refractivity contribution in [3.8, 4) is 0 Å². The van der Waals surface area contributed by atoms with Crippen molar-refractivity contribution in [3.63, 3.8) is 0 Å². The van der Waals surface area contributed by atoms with Crippen molar-refractivity contribution in [3.05, 3.63) is 35.4 Å². The fraction of sp³-hybridized carbons (Fsp3) is 0.273. The van der Waals surface area contributed by atoms with Gasteiger partial charge in [0.05, 0.1) is 11.5 Å². The Kier molecular flexibility index (Phi) is 4.37. The van der Waals surface area contributed by atoms with E-state index in [-0.39, 0.29) is 11.5 Å². The minimum absolute atomic E-state index is 0.0289. The molecule has 0 radical (unpaired) electrons. The second kappa shape index (κ2) is 5.56. The molecule has 0 bridgehead atoms. The van der Waals surface area contributed by atoms with Gasteiger partial charge >= 0.3 is 0 Å². The third-order valence-corrected chi connectivity index (χ3v) is 2.81. The van der Waals surface area contributed by atoms with Crippen LogP contribution < -0.4 is 5.73 Å². The first-order valence-corrected chi connectivity index (χ1v) is 5.71. The number of ketones is 1. The molecule has 0 unspecified atom stereocenters. The maximum absolute atomic E-state index is 11.6. The summed E-state index contributed by atoms with van der Waals surface area (Å²) in [7, 11) is 0. The summed E-state index contributed by atoms with van der Waals surface area (Å²) in [5.41, 5.74) is 6.77. The van der Waals surface area contributed by atoms with Gasteiger partial charge in [-0.3, -0.25) is 9.59 Å². The maximum atomic E-state index is 11.6. The molecule has 1 rings (SSSR count). The summed E-state index contributed by atoms with van der Waals surface area (Å²) in [6, 6.07) is 7.38. The van der Waals surface area contributed by atoms with Crippen LogP contribution in [0.5, 0.6) is 0 Å². The van der Waals surface area contributed by atoms with Gasteiger partial charge in [-0.25, -0.2) is 0 Å². The number of Topliss-reactive ketones (excluding diaryl/α,β-unsaturated/α-hetero) is 1. The summed E-state index contributed by atoms with van der Waals surface area (Å²) in [4.78, 5) is 22.0. The molecular weight excluding hydrogens is 210 g/mol. The first-order valence-electron chi connectivity index (χ1n) is 4.55. The van der Waals surface area contributed by atoms with E-state index < -0.39 is 5.91 Å².